The van der Waals surface area contributed by atoms with E-state index in [-0.39, 0.29) is 6.03 Å². The van der Waals surface area contributed by atoms with Gasteiger partial charge in [0.1, 0.15) is 0 Å². The minimum Gasteiger partial charge on any atom is -0.322 e. The standard InChI is InChI=1S/C15H21BrN2O/c1-11-5-3-6-12(2)18(10-11)15(19)17-14-8-4-7-13(16)9-14/h4,7-9,11-12H,3,5-6,10H2,1-2H3,(H,17,19)/t11-,12+/m0/s1. The van der Waals surface area contributed by atoms with Crippen LogP contribution < -0.4 is 5.32 Å². The second-order valence-corrected chi connectivity index (χ2v) is 6.39. The summed E-state index contributed by atoms with van der Waals surface area (Å²) in [5.74, 6) is 0.582. The van der Waals surface area contributed by atoms with Gasteiger partial charge in [0.15, 0.2) is 0 Å². The van der Waals surface area contributed by atoms with E-state index >= 15 is 0 Å². The number of carbonyl (C=O) groups excluding carboxylic acids is 1. The smallest absolute Gasteiger partial charge is 0.322 e. The molecule has 1 aromatic carbocycles. The predicted octanol–water partition coefficient (Wildman–Crippen LogP) is 4.49. The zero-order valence-electron chi connectivity index (χ0n) is 11.5. The molecule has 1 aromatic rings. The molecule has 1 N–H and O–H groups in total. The van der Waals surface area contributed by atoms with E-state index in [2.05, 4.69) is 35.1 Å². The SMILES string of the molecule is C[C@H]1CCC[C@@H](C)N(C(=O)Nc2cccc(Br)c2)C1. The minimum atomic E-state index is 0.0133. The summed E-state index contributed by atoms with van der Waals surface area (Å²) >= 11 is 3.42. The molecular formula is C15H21BrN2O. The van der Waals surface area contributed by atoms with Crippen molar-refractivity contribution in [1.82, 2.24) is 4.90 Å². The van der Waals surface area contributed by atoms with Gasteiger partial charge >= 0.3 is 6.03 Å². The highest BCUT2D eigenvalue weighted by molar-refractivity contribution is 9.10. The zero-order valence-corrected chi connectivity index (χ0v) is 13.1. The Bertz CT molecular complexity index is 450. The topological polar surface area (TPSA) is 32.3 Å². The number of nitrogens with zero attached hydrogens (tertiary/aromatic N) is 1. The monoisotopic (exact) mass is 324 g/mol. The Kier molecular flexibility index (Phi) is 4.86. The van der Waals surface area contributed by atoms with Crippen LogP contribution in [0, 0.1) is 5.92 Å². The van der Waals surface area contributed by atoms with E-state index < -0.39 is 0 Å². The molecule has 1 fully saturated rings. The Morgan fingerprint density at radius 3 is 2.89 bits per heavy atom. The lowest BCUT2D eigenvalue weighted by Crippen LogP contribution is -2.42. The number of likely N-dealkylation sites (tertiary alicyclic amines) is 1. The van der Waals surface area contributed by atoms with Crippen LogP contribution in [0.25, 0.3) is 0 Å². The first kappa shape index (κ1) is 14.4. The molecule has 0 spiro atoms. The van der Waals surface area contributed by atoms with E-state index in [4.69, 9.17) is 0 Å². The van der Waals surface area contributed by atoms with Gasteiger partial charge in [-0.1, -0.05) is 35.3 Å². The van der Waals surface area contributed by atoms with Gasteiger partial charge in [-0.3, -0.25) is 0 Å². The van der Waals surface area contributed by atoms with E-state index in [0.717, 1.165) is 23.1 Å². The molecule has 1 saturated heterocycles. The summed E-state index contributed by atoms with van der Waals surface area (Å²) < 4.78 is 0.975. The Morgan fingerprint density at radius 1 is 1.37 bits per heavy atom. The first-order valence-electron chi connectivity index (χ1n) is 6.89. The molecule has 2 rings (SSSR count). The molecule has 104 valence electrons. The Morgan fingerprint density at radius 2 is 2.16 bits per heavy atom. The molecule has 0 aliphatic carbocycles. The molecule has 4 heteroatoms. The second-order valence-electron chi connectivity index (χ2n) is 5.48. The van der Waals surface area contributed by atoms with Gasteiger partial charge in [0.2, 0.25) is 0 Å². The fraction of sp³-hybridized carbons (Fsp3) is 0.533. The van der Waals surface area contributed by atoms with Crippen LogP contribution in [-0.4, -0.2) is 23.5 Å². The molecule has 0 bridgehead atoms. The fourth-order valence-corrected chi connectivity index (χ4v) is 2.97. The van der Waals surface area contributed by atoms with E-state index in [1.54, 1.807) is 0 Å². The molecule has 0 radical (unpaired) electrons. The summed E-state index contributed by atoms with van der Waals surface area (Å²) in [6, 6.07) is 8.04. The number of hydrogen-bond acceptors (Lipinski definition) is 1. The molecular weight excluding hydrogens is 304 g/mol. The molecule has 2 atom stereocenters. The van der Waals surface area contributed by atoms with Crippen molar-refractivity contribution >= 4 is 27.6 Å². The van der Waals surface area contributed by atoms with Crippen LogP contribution in [0.2, 0.25) is 0 Å². The molecule has 0 saturated carbocycles. The van der Waals surface area contributed by atoms with Crippen molar-refractivity contribution in [1.29, 1.82) is 0 Å². The quantitative estimate of drug-likeness (QED) is 0.810. The van der Waals surface area contributed by atoms with Gasteiger partial charge in [0, 0.05) is 22.7 Å². The van der Waals surface area contributed by atoms with Crippen LogP contribution in [0.15, 0.2) is 28.7 Å². The normalized spacial score (nSPS) is 23.8. The number of anilines is 1. The van der Waals surface area contributed by atoms with Crippen molar-refractivity contribution in [2.75, 3.05) is 11.9 Å². The van der Waals surface area contributed by atoms with Crippen molar-refractivity contribution < 1.29 is 4.79 Å². The first-order chi connectivity index (χ1) is 9.06. The Labute approximate surface area is 123 Å². The molecule has 3 nitrogen and oxygen atoms in total. The highest BCUT2D eigenvalue weighted by Crippen LogP contribution is 2.22. The lowest BCUT2D eigenvalue weighted by atomic mass is 10.1. The number of urea groups is 1. The highest BCUT2D eigenvalue weighted by atomic mass is 79.9. The van der Waals surface area contributed by atoms with Crippen molar-refractivity contribution in [3.8, 4) is 0 Å². The summed E-state index contributed by atoms with van der Waals surface area (Å²) in [5, 5.41) is 2.99. The summed E-state index contributed by atoms with van der Waals surface area (Å²) in [6.07, 6.45) is 3.52. The summed E-state index contributed by atoms with van der Waals surface area (Å²) in [4.78, 5) is 14.4. The van der Waals surface area contributed by atoms with E-state index in [1.807, 2.05) is 29.2 Å². The van der Waals surface area contributed by atoms with Gasteiger partial charge in [0.25, 0.3) is 0 Å². The number of nitrogens with one attached hydrogen (secondary N) is 1. The molecule has 1 heterocycles. The number of benzene rings is 1. The number of carbonyl (C=O) groups is 1. The van der Waals surface area contributed by atoms with E-state index in [0.29, 0.717) is 12.0 Å². The number of amides is 2. The predicted molar refractivity (Wildman–Crippen MR) is 82.3 cm³/mol. The lowest BCUT2D eigenvalue weighted by molar-refractivity contribution is 0.187. The Balaban J connectivity index is 2.05. The van der Waals surface area contributed by atoms with E-state index in [9.17, 15) is 4.79 Å². The third-order valence-corrected chi connectivity index (χ3v) is 4.19. The summed E-state index contributed by atoms with van der Waals surface area (Å²) in [7, 11) is 0. The van der Waals surface area contributed by atoms with Crippen molar-refractivity contribution in [3.05, 3.63) is 28.7 Å². The van der Waals surface area contributed by atoms with Crippen LogP contribution in [0.4, 0.5) is 10.5 Å². The summed E-state index contributed by atoms with van der Waals surface area (Å²) in [5.41, 5.74) is 0.837. The highest BCUT2D eigenvalue weighted by Gasteiger charge is 2.25. The van der Waals surface area contributed by atoms with Crippen molar-refractivity contribution in [2.24, 2.45) is 5.92 Å². The van der Waals surface area contributed by atoms with Crippen LogP contribution in [0.5, 0.6) is 0 Å². The fourth-order valence-electron chi connectivity index (χ4n) is 2.57. The van der Waals surface area contributed by atoms with Crippen molar-refractivity contribution in [3.63, 3.8) is 0 Å². The zero-order chi connectivity index (χ0) is 13.8. The minimum absolute atomic E-state index is 0.0133. The van der Waals surface area contributed by atoms with Gasteiger partial charge < -0.3 is 10.2 Å². The molecule has 19 heavy (non-hydrogen) atoms. The summed E-state index contributed by atoms with van der Waals surface area (Å²) in [6.45, 7) is 5.21. The third-order valence-electron chi connectivity index (χ3n) is 3.70. The molecule has 0 aromatic heterocycles. The molecule has 2 amide bonds. The van der Waals surface area contributed by atoms with Crippen LogP contribution in [-0.2, 0) is 0 Å². The number of halogens is 1. The Hall–Kier alpha value is -1.03. The maximum atomic E-state index is 12.4. The molecule has 1 aliphatic heterocycles. The van der Waals surface area contributed by atoms with Gasteiger partial charge in [-0.05, 0) is 43.9 Å². The second kappa shape index (κ2) is 6.42. The van der Waals surface area contributed by atoms with Gasteiger partial charge in [-0.25, -0.2) is 4.79 Å². The average molecular weight is 325 g/mol. The van der Waals surface area contributed by atoms with Crippen LogP contribution in [0.3, 0.4) is 0 Å². The van der Waals surface area contributed by atoms with Gasteiger partial charge in [-0.2, -0.15) is 0 Å². The maximum Gasteiger partial charge on any atom is 0.322 e. The van der Waals surface area contributed by atoms with E-state index in [1.165, 1.54) is 12.8 Å². The largest absolute Gasteiger partial charge is 0.322 e. The number of rotatable bonds is 1. The van der Waals surface area contributed by atoms with Crippen LogP contribution in [0.1, 0.15) is 33.1 Å². The van der Waals surface area contributed by atoms with Crippen molar-refractivity contribution in [2.45, 2.75) is 39.2 Å². The molecule has 0 unspecified atom stereocenters. The maximum absolute atomic E-state index is 12.4. The average Bonchev–Trinajstić information content (AvgIpc) is 2.51. The third kappa shape index (κ3) is 3.96. The molecule has 1 aliphatic rings. The lowest BCUT2D eigenvalue weighted by Gasteiger charge is -2.28. The van der Waals surface area contributed by atoms with Gasteiger partial charge in [-0.15, -0.1) is 0 Å². The number of hydrogen-bond donors (Lipinski definition) is 1. The first-order valence-corrected chi connectivity index (χ1v) is 7.68. The van der Waals surface area contributed by atoms with Crippen LogP contribution >= 0.6 is 15.9 Å². The van der Waals surface area contributed by atoms with Gasteiger partial charge in [0.05, 0.1) is 0 Å².